The van der Waals surface area contributed by atoms with E-state index in [4.69, 9.17) is 4.74 Å². The van der Waals surface area contributed by atoms with Crippen molar-refractivity contribution in [3.05, 3.63) is 35.8 Å². The summed E-state index contributed by atoms with van der Waals surface area (Å²) in [5.41, 5.74) is 3.51. The summed E-state index contributed by atoms with van der Waals surface area (Å²) in [5, 5.41) is 6.52. The average molecular weight is 541 g/mol. The number of anilines is 1. The Morgan fingerprint density at radius 2 is 1.91 bits per heavy atom. The number of urea groups is 1. The molecule has 1 aliphatic carbocycles. The maximum absolute atomic E-state index is 12.9. The Bertz CT molecular complexity index is 1040. The number of nitrogens with zero attached hydrogens (tertiary/aromatic N) is 1. The Hall–Kier alpha value is -1.42. The van der Waals surface area contributed by atoms with Gasteiger partial charge in [-0.15, -0.1) is 22.7 Å². The molecule has 2 aromatic heterocycles. The minimum Gasteiger partial charge on any atom is -0.456 e. The summed E-state index contributed by atoms with van der Waals surface area (Å²) in [5.74, 6) is -0.359. The van der Waals surface area contributed by atoms with Crippen LogP contribution in [0.15, 0.2) is 3.79 Å². The first kappa shape index (κ1) is 23.7. The fourth-order valence-corrected chi connectivity index (χ4v) is 7.66. The van der Waals surface area contributed by atoms with Gasteiger partial charge in [0.15, 0.2) is 0 Å². The Labute approximate surface area is 205 Å². The largest absolute Gasteiger partial charge is 0.456 e. The lowest BCUT2D eigenvalue weighted by Gasteiger charge is -2.25. The van der Waals surface area contributed by atoms with E-state index in [9.17, 15) is 9.59 Å². The molecule has 0 bridgehead atoms. The number of carbonyl (C=O) groups is 2. The molecule has 0 fully saturated rings. The molecule has 0 saturated heterocycles. The number of fused-ring (bicyclic) bond motifs is 2. The standard InChI is InChI=1S/C23H30BrN3O3S2/c1-5-27-10-9-13-15(19(24)31-17(13)12-27)11-25-22(29)26-20-18(21(28)30-23(2,3)4)14-7-6-8-16(14)32-20/h5-12H2,1-4H3,(H2,25,26,29). The topological polar surface area (TPSA) is 70.7 Å². The van der Waals surface area contributed by atoms with Crippen molar-refractivity contribution in [1.29, 1.82) is 0 Å². The molecule has 2 N–H and O–H groups in total. The van der Waals surface area contributed by atoms with Crippen LogP contribution in [0.4, 0.5) is 9.80 Å². The maximum Gasteiger partial charge on any atom is 0.341 e. The minimum atomic E-state index is -0.582. The number of amides is 2. The molecule has 32 heavy (non-hydrogen) atoms. The molecule has 2 amide bonds. The van der Waals surface area contributed by atoms with Crippen molar-refractivity contribution in [2.75, 3.05) is 18.4 Å². The van der Waals surface area contributed by atoms with Crippen LogP contribution >= 0.6 is 38.6 Å². The molecule has 0 spiro atoms. The SMILES string of the molecule is CCN1CCc2c(sc(Br)c2CNC(=O)Nc2sc3c(c2C(=O)OC(C)(C)C)CCC3)C1. The molecule has 0 atom stereocenters. The van der Waals surface area contributed by atoms with Crippen LogP contribution in [0.25, 0.3) is 0 Å². The molecule has 174 valence electrons. The average Bonchev–Trinajstić information content (AvgIpc) is 3.36. The Morgan fingerprint density at radius 3 is 2.62 bits per heavy atom. The number of hydrogen-bond acceptors (Lipinski definition) is 6. The van der Waals surface area contributed by atoms with E-state index in [0.29, 0.717) is 17.1 Å². The number of hydrogen-bond donors (Lipinski definition) is 2. The van der Waals surface area contributed by atoms with Gasteiger partial charge in [-0.25, -0.2) is 9.59 Å². The van der Waals surface area contributed by atoms with E-state index in [0.717, 1.165) is 60.2 Å². The first-order chi connectivity index (χ1) is 15.2. The molecule has 3 heterocycles. The molecule has 4 rings (SSSR count). The number of esters is 1. The third-order valence-corrected chi connectivity index (χ3v) is 9.04. The van der Waals surface area contributed by atoms with Gasteiger partial charge >= 0.3 is 12.0 Å². The zero-order valence-electron chi connectivity index (χ0n) is 19.0. The van der Waals surface area contributed by atoms with Crippen LogP contribution < -0.4 is 10.6 Å². The lowest BCUT2D eigenvalue weighted by atomic mass is 10.0. The number of nitrogens with one attached hydrogen (secondary N) is 2. The highest BCUT2D eigenvalue weighted by Gasteiger charge is 2.31. The smallest absolute Gasteiger partial charge is 0.341 e. The summed E-state index contributed by atoms with van der Waals surface area (Å²) in [6.07, 6.45) is 3.84. The molecule has 1 aliphatic heterocycles. The van der Waals surface area contributed by atoms with Crippen molar-refractivity contribution in [3.8, 4) is 0 Å². The van der Waals surface area contributed by atoms with E-state index in [1.807, 2.05) is 20.8 Å². The van der Waals surface area contributed by atoms with Gasteiger partial charge in [0, 0.05) is 29.4 Å². The van der Waals surface area contributed by atoms with Crippen LogP contribution in [-0.4, -0.2) is 35.6 Å². The lowest BCUT2D eigenvalue weighted by Crippen LogP contribution is -2.31. The highest BCUT2D eigenvalue weighted by atomic mass is 79.9. The van der Waals surface area contributed by atoms with Crippen molar-refractivity contribution in [2.24, 2.45) is 0 Å². The minimum absolute atomic E-state index is 0.299. The van der Waals surface area contributed by atoms with Crippen LogP contribution in [-0.2, 0) is 37.1 Å². The fourth-order valence-electron chi connectivity index (χ4n) is 4.29. The predicted molar refractivity (Wildman–Crippen MR) is 134 cm³/mol. The number of carbonyl (C=O) groups excluding carboxylic acids is 2. The summed E-state index contributed by atoms with van der Waals surface area (Å²) in [6, 6.07) is -0.299. The van der Waals surface area contributed by atoms with Gasteiger partial charge in [0.2, 0.25) is 0 Å². The summed E-state index contributed by atoms with van der Waals surface area (Å²) in [7, 11) is 0. The predicted octanol–water partition coefficient (Wildman–Crippen LogP) is 5.72. The summed E-state index contributed by atoms with van der Waals surface area (Å²) < 4.78 is 6.72. The Morgan fingerprint density at radius 1 is 1.12 bits per heavy atom. The van der Waals surface area contributed by atoms with Gasteiger partial charge < -0.3 is 10.1 Å². The van der Waals surface area contributed by atoms with E-state index in [-0.39, 0.29) is 12.0 Å². The van der Waals surface area contributed by atoms with E-state index in [1.165, 1.54) is 26.7 Å². The molecule has 2 aliphatic rings. The van der Waals surface area contributed by atoms with E-state index in [1.54, 1.807) is 11.3 Å². The van der Waals surface area contributed by atoms with E-state index in [2.05, 4.69) is 38.4 Å². The summed E-state index contributed by atoms with van der Waals surface area (Å²) in [4.78, 5) is 30.7. The van der Waals surface area contributed by atoms with Crippen molar-refractivity contribution in [1.82, 2.24) is 10.2 Å². The Balaban J connectivity index is 1.46. The second kappa shape index (κ2) is 9.44. The molecule has 0 unspecified atom stereocenters. The number of likely N-dealkylation sites (N-methyl/N-ethyl adjacent to an activating group) is 1. The highest BCUT2D eigenvalue weighted by molar-refractivity contribution is 9.11. The zero-order chi connectivity index (χ0) is 23.0. The molecule has 9 heteroatoms. The van der Waals surface area contributed by atoms with Crippen molar-refractivity contribution in [2.45, 2.75) is 72.1 Å². The van der Waals surface area contributed by atoms with Gasteiger partial charge in [0.05, 0.1) is 9.35 Å². The van der Waals surface area contributed by atoms with Crippen LogP contribution in [0.3, 0.4) is 0 Å². The van der Waals surface area contributed by atoms with Gasteiger partial charge in [-0.05, 0) is 85.6 Å². The van der Waals surface area contributed by atoms with Crippen LogP contribution in [0.5, 0.6) is 0 Å². The molecule has 0 saturated carbocycles. The molecule has 6 nitrogen and oxygen atoms in total. The summed E-state index contributed by atoms with van der Waals surface area (Å²) in [6.45, 7) is 11.3. The van der Waals surface area contributed by atoms with Crippen molar-refractivity contribution < 1.29 is 14.3 Å². The molecular formula is C23H30BrN3O3S2. The molecular weight excluding hydrogens is 510 g/mol. The number of ether oxygens (including phenoxy) is 1. The maximum atomic E-state index is 12.9. The first-order valence-electron chi connectivity index (χ1n) is 11.1. The normalized spacial score (nSPS) is 15.9. The van der Waals surface area contributed by atoms with Crippen molar-refractivity contribution in [3.63, 3.8) is 0 Å². The number of aryl methyl sites for hydroxylation is 1. The van der Waals surface area contributed by atoms with Gasteiger partial charge in [0.25, 0.3) is 0 Å². The summed E-state index contributed by atoms with van der Waals surface area (Å²) >= 11 is 6.95. The van der Waals surface area contributed by atoms with E-state index < -0.39 is 5.60 Å². The molecule has 0 aromatic carbocycles. The van der Waals surface area contributed by atoms with Gasteiger partial charge in [-0.1, -0.05) is 6.92 Å². The second-order valence-corrected chi connectivity index (χ2v) is 12.8. The second-order valence-electron chi connectivity index (χ2n) is 9.25. The third-order valence-electron chi connectivity index (χ3n) is 5.82. The van der Waals surface area contributed by atoms with Gasteiger partial charge in [0.1, 0.15) is 10.6 Å². The lowest BCUT2D eigenvalue weighted by molar-refractivity contribution is 0.00702. The highest BCUT2D eigenvalue weighted by Crippen LogP contribution is 2.40. The van der Waals surface area contributed by atoms with Crippen LogP contribution in [0.1, 0.15) is 70.9 Å². The quantitative estimate of drug-likeness (QED) is 0.477. The zero-order valence-corrected chi connectivity index (χ0v) is 22.2. The molecule has 2 aromatic rings. The van der Waals surface area contributed by atoms with E-state index >= 15 is 0 Å². The van der Waals surface area contributed by atoms with Gasteiger partial charge in [-0.3, -0.25) is 10.2 Å². The number of thiophene rings is 2. The van der Waals surface area contributed by atoms with Crippen molar-refractivity contribution >= 4 is 55.6 Å². The van der Waals surface area contributed by atoms with Crippen LogP contribution in [0.2, 0.25) is 0 Å². The number of halogens is 1. The van der Waals surface area contributed by atoms with Crippen LogP contribution in [0, 0.1) is 0 Å². The Kier molecular flexibility index (Phi) is 7.00. The number of rotatable bonds is 5. The molecule has 0 radical (unpaired) electrons. The first-order valence-corrected chi connectivity index (χ1v) is 13.5. The monoisotopic (exact) mass is 539 g/mol. The third kappa shape index (κ3) is 5.05. The fraction of sp³-hybridized carbons (Fsp3) is 0.565. The van der Waals surface area contributed by atoms with Gasteiger partial charge in [-0.2, -0.15) is 0 Å².